The zero-order valence-electron chi connectivity index (χ0n) is 12.6. The molecule has 2 N–H and O–H groups in total. The first kappa shape index (κ1) is 16.2. The second-order valence-electron chi connectivity index (χ2n) is 4.99. The summed E-state index contributed by atoms with van der Waals surface area (Å²) in [5.74, 6) is -0.415. The Balaban J connectivity index is 1.82. The molecule has 2 amide bonds. The predicted molar refractivity (Wildman–Crippen MR) is 88.7 cm³/mol. The molecule has 5 nitrogen and oxygen atoms in total. The first-order valence-electron chi connectivity index (χ1n) is 7.28. The fraction of sp³-hybridized carbons (Fsp3) is 0.167. The van der Waals surface area contributed by atoms with Gasteiger partial charge < -0.3 is 10.6 Å². The predicted octanol–water partition coefficient (Wildman–Crippen LogP) is 3.11. The van der Waals surface area contributed by atoms with Gasteiger partial charge in [-0.2, -0.15) is 5.26 Å². The summed E-state index contributed by atoms with van der Waals surface area (Å²) < 4.78 is 0. The van der Waals surface area contributed by atoms with Gasteiger partial charge in [0.2, 0.25) is 11.8 Å². The SMILES string of the molecule is N#CCC(=O)Nc1ccc(NC(=O)CCc2ccccc2)cc1. The van der Waals surface area contributed by atoms with Gasteiger partial charge in [-0.15, -0.1) is 0 Å². The van der Waals surface area contributed by atoms with Crippen molar-refractivity contribution in [1.82, 2.24) is 0 Å². The van der Waals surface area contributed by atoms with Gasteiger partial charge in [0.1, 0.15) is 6.42 Å². The van der Waals surface area contributed by atoms with Crippen LogP contribution < -0.4 is 10.6 Å². The van der Waals surface area contributed by atoms with Crippen molar-refractivity contribution in [2.24, 2.45) is 0 Å². The molecule has 2 aromatic rings. The van der Waals surface area contributed by atoms with E-state index >= 15 is 0 Å². The largest absolute Gasteiger partial charge is 0.326 e. The highest BCUT2D eigenvalue weighted by Gasteiger charge is 2.04. The maximum atomic E-state index is 11.9. The van der Waals surface area contributed by atoms with Crippen molar-refractivity contribution < 1.29 is 9.59 Å². The Morgan fingerprint density at radius 1 is 0.870 bits per heavy atom. The van der Waals surface area contributed by atoms with Gasteiger partial charge in [-0.05, 0) is 36.2 Å². The molecule has 0 heterocycles. The molecule has 0 unspecified atom stereocenters. The standard InChI is InChI=1S/C18H17N3O2/c19-13-12-18(23)21-16-9-7-15(8-10-16)20-17(22)11-6-14-4-2-1-3-5-14/h1-5,7-10H,6,11-12H2,(H,20,22)(H,21,23). The number of carbonyl (C=O) groups excluding carboxylic acids is 2. The summed E-state index contributed by atoms with van der Waals surface area (Å²) in [5, 5.41) is 13.8. The van der Waals surface area contributed by atoms with Crippen LogP contribution in [0.2, 0.25) is 0 Å². The summed E-state index contributed by atoms with van der Waals surface area (Å²) in [6, 6.07) is 18.4. The molecule has 0 bridgehead atoms. The van der Waals surface area contributed by atoms with Crippen LogP contribution in [0.25, 0.3) is 0 Å². The number of nitriles is 1. The number of hydrogen-bond acceptors (Lipinski definition) is 3. The molecule has 116 valence electrons. The zero-order chi connectivity index (χ0) is 16.5. The topological polar surface area (TPSA) is 82.0 Å². The Morgan fingerprint density at radius 2 is 1.43 bits per heavy atom. The van der Waals surface area contributed by atoms with E-state index in [4.69, 9.17) is 5.26 Å². The molecule has 0 aromatic heterocycles. The fourth-order valence-electron chi connectivity index (χ4n) is 2.04. The maximum Gasteiger partial charge on any atom is 0.238 e. The monoisotopic (exact) mass is 307 g/mol. The Labute approximate surface area is 134 Å². The molecule has 0 aliphatic rings. The lowest BCUT2D eigenvalue weighted by atomic mass is 10.1. The second-order valence-corrected chi connectivity index (χ2v) is 4.99. The highest BCUT2D eigenvalue weighted by Crippen LogP contribution is 2.14. The molecular formula is C18H17N3O2. The van der Waals surface area contributed by atoms with Gasteiger partial charge >= 0.3 is 0 Å². The van der Waals surface area contributed by atoms with Gasteiger partial charge in [-0.3, -0.25) is 9.59 Å². The van der Waals surface area contributed by atoms with E-state index in [1.54, 1.807) is 30.3 Å². The molecule has 5 heteroatoms. The van der Waals surface area contributed by atoms with Crippen molar-refractivity contribution in [3.8, 4) is 6.07 Å². The molecule has 0 atom stereocenters. The molecule has 2 rings (SSSR count). The Hall–Kier alpha value is -3.13. The van der Waals surface area contributed by atoms with Crippen LogP contribution in [0.15, 0.2) is 54.6 Å². The van der Waals surface area contributed by atoms with E-state index in [9.17, 15) is 9.59 Å². The van der Waals surface area contributed by atoms with E-state index in [1.807, 2.05) is 30.3 Å². The van der Waals surface area contributed by atoms with Crippen LogP contribution in [0.4, 0.5) is 11.4 Å². The van der Waals surface area contributed by atoms with E-state index in [2.05, 4.69) is 10.6 Å². The maximum absolute atomic E-state index is 11.9. The summed E-state index contributed by atoms with van der Waals surface area (Å²) in [7, 11) is 0. The number of amides is 2. The minimum absolute atomic E-state index is 0.0601. The molecular weight excluding hydrogens is 290 g/mol. The molecule has 0 aliphatic carbocycles. The molecule has 0 spiro atoms. The second kappa shape index (κ2) is 8.35. The van der Waals surface area contributed by atoms with E-state index in [0.717, 1.165) is 5.56 Å². The third kappa shape index (κ3) is 5.64. The minimum atomic E-state index is -0.354. The fourth-order valence-corrected chi connectivity index (χ4v) is 2.04. The Kier molecular flexibility index (Phi) is 5.89. The number of aryl methyl sites for hydroxylation is 1. The normalized spacial score (nSPS) is 9.70. The molecule has 2 aromatic carbocycles. The van der Waals surface area contributed by atoms with Crippen LogP contribution in [0, 0.1) is 11.3 Å². The van der Waals surface area contributed by atoms with E-state index in [-0.39, 0.29) is 18.2 Å². The Morgan fingerprint density at radius 3 is 2.00 bits per heavy atom. The number of rotatable bonds is 6. The number of benzene rings is 2. The van der Waals surface area contributed by atoms with Crippen molar-refractivity contribution in [2.45, 2.75) is 19.3 Å². The Bertz CT molecular complexity index is 703. The summed E-state index contributed by atoms with van der Waals surface area (Å²) >= 11 is 0. The molecule has 0 aliphatic heterocycles. The van der Waals surface area contributed by atoms with Crippen LogP contribution in [-0.2, 0) is 16.0 Å². The van der Waals surface area contributed by atoms with Gasteiger partial charge in [0.15, 0.2) is 0 Å². The highest BCUT2D eigenvalue weighted by molar-refractivity contribution is 5.93. The first-order chi connectivity index (χ1) is 11.2. The number of hydrogen-bond donors (Lipinski definition) is 2. The summed E-state index contributed by atoms with van der Waals surface area (Å²) in [4.78, 5) is 23.2. The highest BCUT2D eigenvalue weighted by atomic mass is 16.2. The molecule has 23 heavy (non-hydrogen) atoms. The van der Waals surface area contributed by atoms with E-state index < -0.39 is 0 Å². The van der Waals surface area contributed by atoms with Crippen molar-refractivity contribution in [1.29, 1.82) is 5.26 Å². The lowest BCUT2D eigenvalue weighted by molar-refractivity contribution is -0.116. The van der Waals surface area contributed by atoms with Crippen LogP contribution in [0.1, 0.15) is 18.4 Å². The van der Waals surface area contributed by atoms with Crippen molar-refractivity contribution >= 4 is 23.2 Å². The zero-order valence-corrected chi connectivity index (χ0v) is 12.6. The lowest BCUT2D eigenvalue weighted by Gasteiger charge is -2.07. The van der Waals surface area contributed by atoms with Crippen LogP contribution in [0.5, 0.6) is 0 Å². The van der Waals surface area contributed by atoms with Crippen molar-refractivity contribution in [3.63, 3.8) is 0 Å². The third-order valence-electron chi connectivity index (χ3n) is 3.18. The summed E-state index contributed by atoms with van der Waals surface area (Å²) in [6.45, 7) is 0. The number of carbonyl (C=O) groups is 2. The molecule has 0 saturated heterocycles. The van der Waals surface area contributed by atoms with E-state index in [1.165, 1.54) is 0 Å². The van der Waals surface area contributed by atoms with Gasteiger partial charge in [-0.1, -0.05) is 30.3 Å². The van der Waals surface area contributed by atoms with Crippen LogP contribution >= 0.6 is 0 Å². The van der Waals surface area contributed by atoms with Crippen LogP contribution in [-0.4, -0.2) is 11.8 Å². The van der Waals surface area contributed by atoms with Gasteiger partial charge in [0.25, 0.3) is 0 Å². The molecule has 0 fully saturated rings. The first-order valence-corrected chi connectivity index (χ1v) is 7.28. The number of anilines is 2. The van der Waals surface area contributed by atoms with Crippen molar-refractivity contribution in [2.75, 3.05) is 10.6 Å². The lowest BCUT2D eigenvalue weighted by Crippen LogP contribution is -2.13. The minimum Gasteiger partial charge on any atom is -0.326 e. The third-order valence-corrected chi connectivity index (χ3v) is 3.18. The van der Waals surface area contributed by atoms with Crippen LogP contribution in [0.3, 0.4) is 0 Å². The van der Waals surface area contributed by atoms with Gasteiger partial charge in [0, 0.05) is 17.8 Å². The number of nitrogens with zero attached hydrogens (tertiary/aromatic N) is 1. The summed E-state index contributed by atoms with van der Waals surface area (Å²) in [5.41, 5.74) is 2.38. The quantitative estimate of drug-likeness (QED) is 0.860. The number of nitrogens with one attached hydrogen (secondary N) is 2. The van der Waals surface area contributed by atoms with Gasteiger partial charge in [-0.25, -0.2) is 0 Å². The van der Waals surface area contributed by atoms with Crippen molar-refractivity contribution in [3.05, 3.63) is 60.2 Å². The average molecular weight is 307 g/mol. The van der Waals surface area contributed by atoms with Gasteiger partial charge in [0.05, 0.1) is 6.07 Å². The van der Waals surface area contributed by atoms with E-state index in [0.29, 0.717) is 24.2 Å². The molecule has 0 saturated carbocycles. The molecule has 0 radical (unpaired) electrons. The smallest absolute Gasteiger partial charge is 0.238 e. The average Bonchev–Trinajstić information content (AvgIpc) is 2.56. The summed E-state index contributed by atoms with van der Waals surface area (Å²) in [6.07, 6.45) is 0.914.